The zero-order chi connectivity index (χ0) is 30.8. The molecule has 0 aliphatic carbocycles. The SMILES string of the molecule is C=C(C)C(=O)OCCOCCNC(=O)OCCOCCC[Si](C)(C)C(C)O[Si](C)(C)C(C)O[Si](C)(C)CCCC. The number of hydrogen-bond acceptors (Lipinski definition) is 8. The van der Waals surface area contributed by atoms with Crippen LogP contribution in [0.4, 0.5) is 4.79 Å². The highest BCUT2D eigenvalue weighted by Crippen LogP contribution is 2.27. The second-order valence-electron chi connectivity index (χ2n) is 12.3. The van der Waals surface area contributed by atoms with Crippen LogP contribution >= 0.6 is 0 Å². The highest BCUT2D eigenvalue weighted by molar-refractivity contribution is 6.81. The van der Waals surface area contributed by atoms with Crippen LogP contribution in [-0.2, 0) is 32.6 Å². The van der Waals surface area contributed by atoms with Gasteiger partial charge in [0, 0.05) is 24.5 Å². The molecule has 236 valence electrons. The van der Waals surface area contributed by atoms with E-state index in [2.05, 4.69) is 71.9 Å². The van der Waals surface area contributed by atoms with Crippen LogP contribution in [-0.4, -0.2) is 94.4 Å². The smallest absolute Gasteiger partial charge is 0.407 e. The van der Waals surface area contributed by atoms with Crippen molar-refractivity contribution < 1.29 is 37.4 Å². The van der Waals surface area contributed by atoms with E-state index in [0.29, 0.717) is 31.9 Å². The Hall–Kier alpha value is -1.03. The van der Waals surface area contributed by atoms with Gasteiger partial charge < -0.3 is 33.1 Å². The van der Waals surface area contributed by atoms with Crippen LogP contribution in [0.1, 0.15) is 47.0 Å². The summed E-state index contributed by atoms with van der Waals surface area (Å²) in [5, 5.41) is 2.61. The maximum absolute atomic E-state index is 11.7. The molecule has 2 unspecified atom stereocenters. The lowest BCUT2D eigenvalue weighted by Crippen LogP contribution is -2.55. The predicted octanol–water partition coefficient (Wildman–Crippen LogP) is 6.06. The summed E-state index contributed by atoms with van der Waals surface area (Å²) in [4.78, 5) is 23.0. The fourth-order valence-electron chi connectivity index (χ4n) is 3.82. The van der Waals surface area contributed by atoms with E-state index >= 15 is 0 Å². The number of amides is 1. The maximum Gasteiger partial charge on any atom is 0.407 e. The van der Waals surface area contributed by atoms with E-state index in [4.69, 9.17) is 27.8 Å². The van der Waals surface area contributed by atoms with Crippen LogP contribution in [0.25, 0.3) is 0 Å². The normalized spacial score (nSPS) is 13.9. The van der Waals surface area contributed by atoms with E-state index < -0.39 is 36.8 Å². The highest BCUT2D eigenvalue weighted by Gasteiger charge is 2.40. The van der Waals surface area contributed by atoms with Gasteiger partial charge in [-0.15, -0.1) is 0 Å². The van der Waals surface area contributed by atoms with Crippen molar-refractivity contribution in [3.8, 4) is 0 Å². The van der Waals surface area contributed by atoms with Crippen molar-refractivity contribution in [1.29, 1.82) is 0 Å². The summed E-state index contributed by atoms with van der Waals surface area (Å²) < 4.78 is 34.4. The van der Waals surface area contributed by atoms with Gasteiger partial charge in [-0.3, -0.25) is 0 Å². The number of alkyl carbamates (subject to hydrolysis) is 1. The van der Waals surface area contributed by atoms with E-state index in [1.807, 2.05) is 0 Å². The number of ether oxygens (including phenoxy) is 4. The first-order valence-corrected chi connectivity index (χ1v) is 24.2. The second kappa shape index (κ2) is 20.0. The molecular weight excluding hydrogens is 563 g/mol. The Morgan fingerprint density at radius 2 is 1.38 bits per heavy atom. The number of esters is 1. The van der Waals surface area contributed by atoms with E-state index in [9.17, 15) is 9.59 Å². The monoisotopic (exact) mass is 621 g/mol. The summed E-state index contributed by atoms with van der Waals surface area (Å²) in [6.07, 6.45) is 2.90. The first-order valence-electron chi connectivity index (χ1n) is 14.8. The fourth-order valence-corrected chi connectivity index (χ4v) is 12.9. The molecule has 1 amide bonds. The minimum absolute atomic E-state index is 0.145. The molecule has 0 bridgehead atoms. The summed E-state index contributed by atoms with van der Waals surface area (Å²) in [5.74, 6) is -0.443. The molecule has 40 heavy (non-hydrogen) atoms. The van der Waals surface area contributed by atoms with Gasteiger partial charge in [-0.2, -0.15) is 0 Å². The molecule has 0 fully saturated rings. The van der Waals surface area contributed by atoms with Crippen molar-refractivity contribution in [3.05, 3.63) is 12.2 Å². The Balaban J connectivity index is 4.06. The highest BCUT2D eigenvalue weighted by atomic mass is 28.4. The average molecular weight is 622 g/mol. The molecule has 0 aliphatic heterocycles. The Morgan fingerprint density at radius 3 is 1.98 bits per heavy atom. The van der Waals surface area contributed by atoms with Crippen LogP contribution in [0.15, 0.2) is 12.2 Å². The molecule has 0 aromatic carbocycles. The second-order valence-corrected chi connectivity index (χ2v) is 26.1. The summed E-state index contributed by atoms with van der Waals surface area (Å²) in [6, 6.07) is 2.31. The van der Waals surface area contributed by atoms with Gasteiger partial charge in [-0.25, -0.2) is 9.59 Å². The summed E-state index contributed by atoms with van der Waals surface area (Å²) in [6.45, 7) is 28.0. The average Bonchev–Trinajstić information content (AvgIpc) is 2.85. The number of unbranched alkanes of at least 4 members (excludes halogenated alkanes) is 1. The molecular formula is C28H59NO8Si3. The molecule has 9 nitrogen and oxygen atoms in total. The van der Waals surface area contributed by atoms with Gasteiger partial charge in [-0.05, 0) is 59.4 Å². The molecule has 0 saturated heterocycles. The van der Waals surface area contributed by atoms with Crippen LogP contribution in [0.2, 0.25) is 51.4 Å². The van der Waals surface area contributed by atoms with Crippen molar-refractivity contribution in [2.75, 3.05) is 46.2 Å². The van der Waals surface area contributed by atoms with Gasteiger partial charge in [0.15, 0.2) is 8.32 Å². The van der Waals surface area contributed by atoms with Crippen molar-refractivity contribution in [3.63, 3.8) is 0 Å². The number of carbonyl (C=O) groups excluding carboxylic acids is 2. The van der Waals surface area contributed by atoms with E-state index in [0.717, 1.165) is 12.5 Å². The third kappa shape index (κ3) is 18.4. The minimum Gasteiger partial charge on any atom is -0.460 e. The summed E-state index contributed by atoms with van der Waals surface area (Å²) >= 11 is 0. The van der Waals surface area contributed by atoms with E-state index in [-0.39, 0.29) is 31.3 Å². The molecule has 0 heterocycles. The number of rotatable bonds is 23. The molecule has 0 spiro atoms. The molecule has 0 aromatic heterocycles. The molecule has 0 saturated carbocycles. The lowest BCUT2D eigenvalue weighted by Gasteiger charge is -2.41. The first-order chi connectivity index (χ1) is 18.5. The molecule has 1 N–H and O–H groups in total. The van der Waals surface area contributed by atoms with Crippen molar-refractivity contribution in [1.82, 2.24) is 5.32 Å². The largest absolute Gasteiger partial charge is 0.460 e. The molecule has 0 aromatic rings. The van der Waals surface area contributed by atoms with Gasteiger partial charge in [0.05, 0.1) is 33.6 Å². The van der Waals surface area contributed by atoms with Crippen LogP contribution in [0, 0.1) is 0 Å². The third-order valence-electron chi connectivity index (χ3n) is 7.08. The Bertz CT molecular complexity index is 749. The summed E-state index contributed by atoms with van der Waals surface area (Å²) in [7, 11) is -5.28. The van der Waals surface area contributed by atoms with Crippen molar-refractivity contribution >= 4 is 36.8 Å². The number of nitrogens with one attached hydrogen (secondary N) is 1. The molecule has 0 radical (unpaired) electrons. The minimum atomic E-state index is -2.00. The van der Waals surface area contributed by atoms with Gasteiger partial charge in [0.25, 0.3) is 0 Å². The Labute approximate surface area is 247 Å². The third-order valence-corrected chi connectivity index (χ3v) is 17.1. The van der Waals surface area contributed by atoms with E-state index in [1.165, 1.54) is 18.9 Å². The first kappa shape index (κ1) is 39.0. The van der Waals surface area contributed by atoms with Gasteiger partial charge in [-0.1, -0.05) is 45.5 Å². The van der Waals surface area contributed by atoms with Gasteiger partial charge >= 0.3 is 12.1 Å². The zero-order valence-electron chi connectivity index (χ0n) is 27.1. The fraction of sp³-hybridized carbons (Fsp3) is 0.857. The van der Waals surface area contributed by atoms with Crippen LogP contribution in [0.3, 0.4) is 0 Å². The van der Waals surface area contributed by atoms with Gasteiger partial charge in [0.2, 0.25) is 8.32 Å². The Kier molecular flexibility index (Phi) is 19.5. The lowest BCUT2D eigenvalue weighted by atomic mass is 10.4. The number of carbonyl (C=O) groups is 2. The summed E-state index contributed by atoms with van der Waals surface area (Å²) in [5.41, 5.74) is 0.784. The molecule has 0 rings (SSSR count). The topological polar surface area (TPSA) is 102 Å². The standard InChI is InChI=1S/C28H59NO8Si3/c1-12-13-23-39(8,9)36-26(5)40(10,11)37-25(4)38(6,7)22-14-16-32-19-21-35-28(31)29-15-17-33-18-20-34-27(30)24(2)3/h25-26H,2,12-23H2,1,3-11H3,(H,29,31). The molecule has 0 aliphatic rings. The zero-order valence-corrected chi connectivity index (χ0v) is 30.1. The number of hydrogen-bond donors (Lipinski definition) is 1. The molecule has 12 heteroatoms. The van der Waals surface area contributed by atoms with Crippen LogP contribution < -0.4 is 5.32 Å². The Morgan fingerprint density at radius 1 is 0.775 bits per heavy atom. The molecule has 2 atom stereocenters. The van der Waals surface area contributed by atoms with Gasteiger partial charge in [0.1, 0.15) is 13.2 Å². The quantitative estimate of drug-likeness (QED) is 0.0636. The predicted molar refractivity (Wildman–Crippen MR) is 169 cm³/mol. The maximum atomic E-state index is 11.7. The lowest BCUT2D eigenvalue weighted by molar-refractivity contribution is -0.140. The van der Waals surface area contributed by atoms with Crippen molar-refractivity contribution in [2.24, 2.45) is 0 Å². The van der Waals surface area contributed by atoms with Crippen molar-refractivity contribution in [2.45, 2.75) is 110 Å². The van der Waals surface area contributed by atoms with E-state index in [1.54, 1.807) is 6.92 Å². The van der Waals surface area contributed by atoms with Crippen LogP contribution in [0.5, 0.6) is 0 Å².